The van der Waals surface area contributed by atoms with Crippen LogP contribution in [0.1, 0.15) is 39.0 Å². The van der Waals surface area contributed by atoms with Gasteiger partial charge in [-0.05, 0) is 38.1 Å². The quantitative estimate of drug-likeness (QED) is 0.818. The smallest absolute Gasteiger partial charge is 0.236 e. The summed E-state index contributed by atoms with van der Waals surface area (Å²) in [6, 6.07) is 0.423. The fourth-order valence-electron chi connectivity index (χ4n) is 3.07. The van der Waals surface area contributed by atoms with Gasteiger partial charge in [-0.1, -0.05) is 13.3 Å². The molecule has 2 N–H and O–H groups in total. The Morgan fingerprint density at radius 3 is 2.56 bits per heavy atom. The molecule has 2 rings (SSSR count). The molecule has 0 spiro atoms. The molecule has 1 unspecified atom stereocenters. The minimum absolute atomic E-state index is 0.308. The summed E-state index contributed by atoms with van der Waals surface area (Å²) in [6.45, 7) is 6.47. The maximum atomic E-state index is 12.3. The highest BCUT2D eigenvalue weighted by Crippen LogP contribution is 2.19. The molecule has 0 aromatic carbocycles. The van der Waals surface area contributed by atoms with Crippen molar-refractivity contribution in [3.8, 4) is 0 Å². The van der Waals surface area contributed by atoms with Gasteiger partial charge in [-0.2, -0.15) is 0 Å². The Hall–Kier alpha value is -0.610. The Morgan fingerprint density at radius 1 is 1.17 bits per heavy atom. The highest BCUT2D eigenvalue weighted by atomic mass is 16.2. The van der Waals surface area contributed by atoms with Gasteiger partial charge < -0.3 is 10.6 Å². The highest BCUT2D eigenvalue weighted by Gasteiger charge is 2.26. The molecule has 2 saturated heterocycles. The number of nitrogens with two attached hydrogens (primary N) is 1. The molecule has 0 aromatic rings. The van der Waals surface area contributed by atoms with Gasteiger partial charge in [-0.15, -0.1) is 0 Å². The molecule has 104 valence electrons. The zero-order chi connectivity index (χ0) is 13.0. The predicted octanol–water partition coefficient (Wildman–Crippen LogP) is 1.06. The Morgan fingerprint density at radius 2 is 1.89 bits per heavy atom. The number of hydrogen-bond acceptors (Lipinski definition) is 3. The molecule has 0 bridgehead atoms. The van der Waals surface area contributed by atoms with E-state index in [2.05, 4.69) is 11.8 Å². The van der Waals surface area contributed by atoms with Crippen LogP contribution in [0.3, 0.4) is 0 Å². The van der Waals surface area contributed by atoms with Crippen molar-refractivity contribution in [3.63, 3.8) is 0 Å². The third-order valence-electron chi connectivity index (χ3n) is 4.50. The summed E-state index contributed by atoms with van der Waals surface area (Å²) in [5.74, 6) is 1.09. The summed E-state index contributed by atoms with van der Waals surface area (Å²) in [7, 11) is 0. The number of likely N-dealkylation sites (tertiary alicyclic amines) is 2. The number of carbonyl (C=O) groups is 1. The lowest BCUT2D eigenvalue weighted by Gasteiger charge is -2.37. The average Bonchev–Trinajstić information content (AvgIpc) is 2.40. The van der Waals surface area contributed by atoms with Crippen molar-refractivity contribution in [3.05, 3.63) is 0 Å². The second-order valence-corrected chi connectivity index (χ2v) is 5.92. The van der Waals surface area contributed by atoms with Gasteiger partial charge >= 0.3 is 0 Å². The normalized spacial score (nSPS) is 27.4. The first-order valence-electron chi connectivity index (χ1n) is 7.42. The van der Waals surface area contributed by atoms with E-state index in [1.165, 1.54) is 12.8 Å². The number of amides is 1. The first kappa shape index (κ1) is 13.8. The molecule has 2 aliphatic rings. The van der Waals surface area contributed by atoms with Crippen LogP contribution in [-0.2, 0) is 4.79 Å². The van der Waals surface area contributed by atoms with Gasteiger partial charge in [0.25, 0.3) is 0 Å². The van der Waals surface area contributed by atoms with Gasteiger partial charge in [-0.25, -0.2) is 0 Å². The lowest BCUT2D eigenvalue weighted by molar-refractivity contribution is -0.134. The largest absolute Gasteiger partial charge is 0.342 e. The van der Waals surface area contributed by atoms with Crippen LogP contribution in [0.25, 0.3) is 0 Å². The van der Waals surface area contributed by atoms with E-state index in [4.69, 9.17) is 5.73 Å². The van der Waals surface area contributed by atoms with E-state index >= 15 is 0 Å². The van der Waals surface area contributed by atoms with Crippen molar-refractivity contribution < 1.29 is 4.79 Å². The van der Waals surface area contributed by atoms with Crippen LogP contribution in [0.5, 0.6) is 0 Å². The van der Waals surface area contributed by atoms with E-state index in [0.29, 0.717) is 25.0 Å². The summed E-state index contributed by atoms with van der Waals surface area (Å²) in [6.07, 6.45) is 5.94. The molecule has 2 aliphatic heterocycles. The molecule has 2 fully saturated rings. The van der Waals surface area contributed by atoms with E-state index in [-0.39, 0.29) is 0 Å². The van der Waals surface area contributed by atoms with Gasteiger partial charge in [0.05, 0.1) is 6.54 Å². The minimum atomic E-state index is 0.308. The third-order valence-corrected chi connectivity index (χ3v) is 4.50. The van der Waals surface area contributed by atoms with E-state index in [1.54, 1.807) is 0 Å². The molecule has 1 atom stereocenters. The summed E-state index contributed by atoms with van der Waals surface area (Å²) in [5.41, 5.74) is 5.80. The molecule has 0 aromatic heterocycles. The SMILES string of the molecule is CC1CCN(C(=O)CN2CCCCC2CN)CC1. The summed E-state index contributed by atoms with van der Waals surface area (Å²) < 4.78 is 0. The average molecular weight is 253 g/mol. The monoisotopic (exact) mass is 253 g/mol. The van der Waals surface area contributed by atoms with E-state index in [9.17, 15) is 4.79 Å². The lowest BCUT2D eigenvalue weighted by Crippen LogP contribution is -2.50. The second-order valence-electron chi connectivity index (χ2n) is 5.92. The number of carbonyl (C=O) groups excluding carboxylic acids is 1. The number of nitrogens with zero attached hydrogens (tertiary/aromatic N) is 2. The summed E-state index contributed by atoms with van der Waals surface area (Å²) >= 11 is 0. The molecular formula is C14H27N3O. The Labute approximate surface area is 110 Å². The Kier molecular flexibility index (Phi) is 5.01. The zero-order valence-corrected chi connectivity index (χ0v) is 11.6. The van der Waals surface area contributed by atoms with Gasteiger partial charge in [0.1, 0.15) is 0 Å². The molecule has 1 amide bonds. The van der Waals surface area contributed by atoms with E-state index in [1.807, 2.05) is 4.90 Å². The van der Waals surface area contributed by atoms with Crippen molar-refractivity contribution in [1.82, 2.24) is 9.80 Å². The van der Waals surface area contributed by atoms with E-state index in [0.717, 1.165) is 44.8 Å². The van der Waals surface area contributed by atoms with E-state index < -0.39 is 0 Å². The van der Waals surface area contributed by atoms with Crippen LogP contribution in [-0.4, -0.2) is 54.5 Å². The predicted molar refractivity (Wildman–Crippen MR) is 73.2 cm³/mol. The van der Waals surface area contributed by atoms with Crippen LogP contribution in [0.15, 0.2) is 0 Å². The molecule has 0 radical (unpaired) electrons. The van der Waals surface area contributed by atoms with Gasteiger partial charge in [-0.3, -0.25) is 9.69 Å². The molecule has 2 heterocycles. The zero-order valence-electron chi connectivity index (χ0n) is 11.6. The standard InChI is InChI=1S/C14H27N3O/c1-12-5-8-16(9-6-12)14(18)11-17-7-3-2-4-13(17)10-15/h12-13H,2-11,15H2,1H3. The number of piperidine rings is 2. The van der Waals surface area contributed by atoms with Crippen molar-refractivity contribution in [2.75, 3.05) is 32.7 Å². The second kappa shape index (κ2) is 6.53. The van der Waals surface area contributed by atoms with Crippen molar-refractivity contribution >= 4 is 5.91 Å². The van der Waals surface area contributed by atoms with Crippen LogP contribution in [0, 0.1) is 5.92 Å². The summed E-state index contributed by atoms with van der Waals surface area (Å²) in [4.78, 5) is 16.6. The molecular weight excluding hydrogens is 226 g/mol. The Bertz CT molecular complexity index is 274. The van der Waals surface area contributed by atoms with Crippen molar-refractivity contribution in [1.29, 1.82) is 0 Å². The first-order chi connectivity index (χ1) is 8.70. The maximum absolute atomic E-state index is 12.3. The molecule has 4 heteroatoms. The van der Waals surface area contributed by atoms with Crippen molar-refractivity contribution in [2.24, 2.45) is 11.7 Å². The van der Waals surface area contributed by atoms with Gasteiger partial charge in [0.2, 0.25) is 5.91 Å². The summed E-state index contributed by atoms with van der Waals surface area (Å²) in [5, 5.41) is 0. The van der Waals surface area contributed by atoms with Crippen molar-refractivity contribution in [2.45, 2.75) is 45.1 Å². The topological polar surface area (TPSA) is 49.6 Å². The van der Waals surface area contributed by atoms with Gasteiger partial charge in [0.15, 0.2) is 0 Å². The van der Waals surface area contributed by atoms with Crippen LogP contribution in [0.4, 0.5) is 0 Å². The molecule has 0 aliphatic carbocycles. The first-order valence-corrected chi connectivity index (χ1v) is 7.42. The third kappa shape index (κ3) is 3.45. The van der Waals surface area contributed by atoms with Crippen LogP contribution in [0.2, 0.25) is 0 Å². The Balaban J connectivity index is 1.82. The number of hydrogen-bond donors (Lipinski definition) is 1. The maximum Gasteiger partial charge on any atom is 0.236 e. The van der Waals surface area contributed by atoms with Crippen LogP contribution >= 0.6 is 0 Å². The fraction of sp³-hybridized carbons (Fsp3) is 0.929. The molecule has 18 heavy (non-hydrogen) atoms. The minimum Gasteiger partial charge on any atom is -0.342 e. The van der Waals surface area contributed by atoms with Crippen LogP contribution < -0.4 is 5.73 Å². The molecule has 0 saturated carbocycles. The van der Waals surface area contributed by atoms with Gasteiger partial charge in [0, 0.05) is 25.7 Å². The molecule has 4 nitrogen and oxygen atoms in total. The highest BCUT2D eigenvalue weighted by molar-refractivity contribution is 5.78. The number of rotatable bonds is 3. The lowest BCUT2D eigenvalue weighted by atomic mass is 9.99. The fourth-order valence-corrected chi connectivity index (χ4v) is 3.07.